The molecule has 5 nitrogen and oxygen atoms in total. The molecule has 1 heterocycles. The number of hydrogen-bond acceptors (Lipinski definition) is 5. The van der Waals surface area contributed by atoms with Crippen molar-refractivity contribution in [1.29, 1.82) is 0 Å². The maximum atomic E-state index is 12.9. The fraction of sp³-hybridized carbons (Fsp3) is 0.296. The number of esters is 2. The Bertz CT molecular complexity index is 1160. The highest BCUT2D eigenvalue weighted by Gasteiger charge is 2.63. The van der Waals surface area contributed by atoms with E-state index in [9.17, 15) is 9.59 Å². The molecule has 6 unspecified atom stereocenters. The van der Waals surface area contributed by atoms with Gasteiger partial charge in [-0.15, -0.1) is 0 Å². The minimum absolute atomic E-state index is 0.142. The summed E-state index contributed by atoms with van der Waals surface area (Å²) in [6, 6.07) is 22.7. The molecule has 3 aliphatic rings. The van der Waals surface area contributed by atoms with E-state index in [1.54, 1.807) is 36.5 Å². The topological polar surface area (TPSA) is 65.5 Å². The minimum Gasteiger partial charge on any atom is -0.454 e. The molecule has 1 aromatic heterocycles. The lowest BCUT2D eigenvalue weighted by Crippen LogP contribution is -2.45. The molecule has 6 atom stereocenters. The number of rotatable bonds is 4. The lowest BCUT2D eigenvalue weighted by Gasteiger charge is -2.37. The Morgan fingerprint density at radius 1 is 0.750 bits per heavy atom. The Morgan fingerprint density at radius 2 is 1.47 bits per heavy atom. The van der Waals surface area contributed by atoms with Gasteiger partial charge in [0, 0.05) is 18.0 Å². The Balaban J connectivity index is 1.32. The van der Waals surface area contributed by atoms with E-state index >= 15 is 0 Å². The van der Waals surface area contributed by atoms with Gasteiger partial charge in [0.25, 0.3) is 0 Å². The van der Waals surface area contributed by atoms with Crippen molar-refractivity contribution in [3.05, 3.63) is 101 Å². The zero-order valence-corrected chi connectivity index (χ0v) is 17.5. The Kier molecular flexibility index (Phi) is 4.56. The van der Waals surface area contributed by atoms with Crippen molar-refractivity contribution in [2.75, 3.05) is 0 Å². The van der Waals surface area contributed by atoms with Crippen LogP contribution in [-0.4, -0.2) is 29.1 Å². The summed E-state index contributed by atoms with van der Waals surface area (Å²) in [5.41, 5.74) is 3.51. The van der Waals surface area contributed by atoms with E-state index in [0.29, 0.717) is 17.4 Å². The van der Waals surface area contributed by atoms with Gasteiger partial charge in [0.2, 0.25) is 0 Å². The van der Waals surface area contributed by atoms with E-state index in [0.717, 1.165) is 12.8 Å². The quantitative estimate of drug-likeness (QED) is 0.579. The summed E-state index contributed by atoms with van der Waals surface area (Å²) < 4.78 is 12.1. The number of carbonyl (C=O) groups is 2. The number of hydrogen-bond donors (Lipinski definition) is 0. The van der Waals surface area contributed by atoms with Crippen LogP contribution < -0.4 is 0 Å². The van der Waals surface area contributed by atoms with Crippen LogP contribution in [0.15, 0.2) is 79.0 Å². The molecule has 0 aliphatic heterocycles. The van der Waals surface area contributed by atoms with Crippen LogP contribution >= 0.6 is 0 Å². The van der Waals surface area contributed by atoms with Gasteiger partial charge in [-0.3, -0.25) is 0 Å². The van der Waals surface area contributed by atoms with Crippen LogP contribution in [0.5, 0.6) is 0 Å². The lowest BCUT2D eigenvalue weighted by atomic mass is 9.76. The number of fused-ring (bicyclic) bond motifs is 7. The molecule has 0 amide bonds. The van der Waals surface area contributed by atoms with E-state index in [2.05, 4.69) is 29.2 Å². The Hall–Kier alpha value is -3.47. The van der Waals surface area contributed by atoms with Gasteiger partial charge in [0.05, 0.1) is 5.56 Å². The number of benzene rings is 2. The standard InChI is InChI=1S/C27H23NO4/c29-26(16-8-2-1-3-9-16)31-25-21-15-20(19-14-17-10-4-5-11-18(17)23(19)21)24(25)32-27(30)22-12-6-7-13-28-22/h1-13,19-21,23-25H,14-15H2. The normalized spacial score (nSPS) is 29.2. The summed E-state index contributed by atoms with van der Waals surface area (Å²) in [6.07, 6.45) is 2.54. The van der Waals surface area contributed by atoms with Gasteiger partial charge in [-0.25, -0.2) is 14.6 Å². The van der Waals surface area contributed by atoms with Crippen molar-refractivity contribution < 1.29 is 19.1 Å². The van der Waals surface area contributed by atoms with Crippen molar-refractivity contribution in [2.45, 2.75) is 31.0 Å². The monoisotopic (exact) mass is 425 g/mol. The molecule has 3 aliphatic carbocycles. The molecule has 0 N–H and O–H groups in total. The first-order chi connectivity index (χ1) is 15.7. The third-order valence-electron chi connectivity index (χ3n) is 7.42. The van der Waals surface area contributed by atoms with E-state index in [-0.39, 0.29) is 23.5 Å². The zero-order chi connectivity index (χ0) is 21.7. The molecule has 0 radical (unpaired) electrons. The first-order valence-electron chi connectivity index (χ1n) is 11.2. The number of nitrogens with zero attached hydrogens (tertiary/aromatic N) is 1. The molecule has 3 aromatic rings. The molecular formula is C27H23NO4. The maximum Gasteiger partial charge on any atom is 0.357 e. The second-order valence-electron chi connectivity index (χ2n) is 8.98. The van der Waals surface area contributed by atoms with E-state index < -0.39 is 18.2 Å². The smallest absolute Gasteiger partial charge is 0.357 e. The van der Waals surface area contributed by atoms with Gasteiger partial charge in [-0.1, -0.05) is 48.5 Å². The van der Waals surface area contributed by atoms with Gasteiger partial charge >= 0.3 is 11.9 Å². The molecule has 2 fully saturated rings. The second kappa shape index (κ2) is 7.59. The lowest BCUT2D eigenvalue weighted by molar-refractivity contribution is -0.0700. The second-order valence-corrected chi connectivity index (χ2v) is 8.98. The highest BCUT2D eigenvalue weighted by Crippen LogP contribution is 2.62. The fourth-order valence-electron chi connectivity index (χ4n) is 6.20. The van der Waals surface area contributed by atoms with Crippen LogP contribution in [-0.2, 0) is 15.9 Å². The van der Waals surface area contributed by atoms with Gasteiger partial charge in [0.15, 0.2) is 0 Å². The number of carbonyl (C=O) groups excluding carboxylic acids is 2. The van der Waals surface area contributed by atoms with Crippen LogP contribution in [0.1, 0.15) is 44.3 Å². The largest absolute Gasteiger partial charge is 0.454 e. The molecule has 2 bridgehead atoms. The highest BCUT2D eigenvalue weighted by molar-refractivity contribution is 5.89. The highest BCUT2D eigenvalue weighted by atomic mass is 16.6. The molecule has 0 saturated heterocycles. The van der Waals surface area contributed by atoms with Crippen molar-refractivity contribution in [1.82, 2.24) is 4.98 Å². The van der Waals surface area contributed by atoms with Crippen LogP contribution in [0.4, 0.5) is 0 Å². The summed E-state index contributed by atoms with van der Waals surface area (Å²) in [5.74, 6) is 0.225. The van der Waals surface area contributed by atoms with Crippen molar-refractivity contribution in [3.8, 4) is 0 Å². The molecule has 32 heavy (non-hydrogen) atoms. The molecule has 2 saturated carbocycles. The first-order valence-corrected chi connectivity index (χ1v) is 11.2. The summed E-state index contributed by atoms with van der Waals surface area (Å²) in [4.78, 5) is 29.9. The van der Waals surface area contributed by atoms with E-state index in [4.69, 9.17) is 9.47 Å². The Labute approximate surface area is 186 Å². The molecule has 160 valence electrons. The average Bonchev–Trinajstić information content (AvgIpc) is 3.50. The van der Waals surface area contributed by atoms with E-state index in [1.165, 1.54) is 11.1 Å². The van der Waals surface area contributed by atoms with Crippen LogP contribution in [0.25, 0.3) is 0 Å². The third-order valence-corrected chi connectivity index (χ3v) is 7.42. The zero-order valence-electron chi connectivity index (χ0n) is 17.5. The number of aromatic nitrogens is 1. The molecular weight excluding hydrogens is 402 g/mol. The van der Waals surface area contributed by atoms with Gasteiger partial charge in [0.1, 0.15) is 17.9 Å². The minimum atomic E-state index is -0.465. The van der Waals surface area contributed by atoms with Crippen LogP contribution in [0.3, 0.4) is 0 Å². The first kappa shape index (κ1) is 19.2. The fourth-order valence-corrected chi connectivity index (χ4v) is 6.20. The van der Waals surface area contributed by atoms with Gasteiger partial charge < -0.3 is 9.47 Å². The average molecular weight is 425 g/mol. The SMILES string of the molecule is O=C(OC1C2CC(C3Cc4ccccc4C32)C1OC(=O)c1ccccn1)c1ccccc1. The molecule has 5 heteroatoms. The molecule has 6 rings (SSSR count). The maximum absolute atomic E-state index is 12.9. The van der Waals surface area contributed by atoms with Crippen LogP contribution in [0.2, 0.25) is 0 Å². The molecule has 0 spiro atoms. The van der Waals surface area contributed by atoms with Gasteiger partial charge in [-0.05, 0) is 60.1 Å². The van der Waals surface area contributed by atoms with E-state index in [1.807, 2.05) is 18.2 Å². The predicted octanol–water partition coefficient (Wildman–Crippen LogP) is 4.44. The van der Waals surface area contributed by atoms with Crippen molar-refractivity contribution in [2.24, 2.45) is 17.8 Å². The Morgan fingerprint density at radius 3 is 2.28 bits per heavy atom. The third kappa shape index (κ3) is 3.03. The number of ether oxygens (including phenoxy) is 2. The van der Waals surface area contributed by atoms with Crippen molar-refractivity contribution >= 4 is 11.9 Å². The number of pyridine rings is 1. The predicted molar refractivity (Wildman–Crippen MR) is 117 cm³/mol. The van der Waals surface area contributed by atoms with Crippen LogP contribution in [0, 0.1) is 17.8 Å². The molecule has 2 aromatic carbocycles. The summed E-state index contributed by atoms with van der Waals surface area (Å²) in [6.45, 7) is 0. The summed E-state index contributed by atoms with van der Waals surface area (Å²) in [7, 11) is 0. The summed E-state index contributed by atoms with van der Waals surface area (Å²) in [5, 5.41) is 0. The summed E-state index contributed by atoms with van der Waals surface area (Å²) >= 11 is 0. The van der Waals surface area contributed by atoms with Crippen molar-refractivity contribution in [3.63, 3.8) is 0 Å². The van der Waals surface area contributed by atoms with Gasteiger partial charge in [-0.2, -0.15) is 0 Å².